The smallest absolute Gasteiger partial charge is 0.352 e. The molecule has 1 amide bonds. The lowest BCUT2D eigenvalue weighted by molar-refractivity contribution is -0.123. The molecule has 1 aromatic carbocycles. The quantitative estimate of drug-likeness (QED) is 0.832. The molecule has 2 rings (SSSR count). The van der Waals surface area contributed by atoms with Gasteiger partial charge < -0.3 is 10.1 Å². The fraction of sp³-hybridized carbons (Fsp3) is 0.286. The number of nitrogens with zero attached hydrogens (tertiary/aromatic N) is 2. The molecule has 0 saturated heterocycles. The lowest BCUT2D eigenvalue weighted by atomic mass is 10.2. The van der Waals surface area contributed by atoms with Crippen LogP contribution in [0.1, 0.15) is 29.2 Å². The van der Waals surface area contributed by atoms with Gasteiger partial charge in [-0.1, -0.05) is 23.0 Å². The molecule has 0 aliphatic carbocycles. The molecule has 6 nitrogen and oxygen atoms in total. The highest BCUT2D eigenvalue weighted by molar-refractivity contribution is 7.07. The first kappa shape index (κ1) is 17.3. The fourth-order valence-corrected chi connectivity index (χ4v) is 2.48. The highest BCUT2D eigenvalue weighted by Crippen LogP contribution is 2.19. The van der Waals surface area contributed by atoms with E-state index in [-0.39, 0.29) is 15.6 Å². The van der Waals surface area contributed by atoms with Gasteiger partial charge in [0.2, 0.25) is 0 Å². The molecule has 0 radical (unpaired) electrons. The third kappa shape index (κ3) is 4.23. The van der Waals surface area contributed by atoms with Gasteiger partial charge in [-0.2, -0.15) is 0 Å². The van der Waals surface area contributed by atoms with Crippen LogP contribution >= 0.6 is 23.1 Å². The summed E-state index contributed by atoms with van der Waals surface area (Å²) in [5.74, 6) is -2.02. The van der Waals surface area contributed by atoms with Gasteiger partial charge in [0.25, 0.3) is 5.91 Å². The molecular weight excluding hydrogens is 345 g/mol. The second-order valence-electron chi connectivity index (χ2n) is 4.56. The predicted molar refractivity (Wildman–Crippen MR) is 84.2 cm³/mol. The van der Waals surface area contributed by atoms with E-state index in [0.29, 0.717) is 12.1 Å². The number of amides is 1. The van der Waals surface area contributed by atoms with Gasteiger partial charge in [0.05, 0.1) is 11.4 Å². The summed E-state index contributed by atoms with van der Waals surface area (Å²) in [6.07, 6.45) is -0.582. The third-order valence-corrected chi connectivity index (χ3v) is 3.90. The van der Waals surface area contributed by atoms with E-state index in [2.05, 4.69) is 14.9 Å². The van der Waals surface area contributed by atoms with E-state index < -0.39 is 23.8 Å². The van der Waals surface area contributed by atoms with E-state index in [0.717, 1.165) is 17.6 Å². The van der Waals surface area contributed by atoms with E-state index in [1.54, 1.807) is 0 Å². The van der Waals surface area contributed by atoms with Gasteiger partial charge in [-0.05, 0) is 43.1 Å². The molecule has 0 saturated carbocycles. The molecule has 0 fully saturated rings. The lowest BCUT2D eigenvalue weighted by Gasteiger charge is -2.13. The first-order valence-electron chi connectivity index (χ1n) is 6.70. The molecular formula is C14H13ClFN3O3S. The number of benzene rings is 1. The summed E-state index contributed by atoms with van der Waals surface area (Å²) in [6, 6.07) is 3.84. The number of halogens is 2. The SMILES string of the molecule is CCc1nnsc1C(=O)O[C@@H](C)C(=O)Nc1ccc(Cl)cc1F. The van der Waals surface area contributed by atoms with Crippen LogP contribution in [0.2, 0.25) is 5.02 Å². The van der Waals surface area contributed by atoms with Crippen molar-refractivity contribution < 1.29 is 18.7 Å². The van der Waals surface area contributed by atoms with Crippen molar-refractivity contribution in [2.75, 3.05) is 5.32 Å². The molecule has 0 unspecified atom stereocenters. The van der Waals surface area contributed by atoms with E-state index in [4.69, 9.17) is 16.3 Å². The second kappa shape index (κ2) is 7.47. The molecule has 1 atom stereocenters. The van der Waals surface area contributed by atoms with E-state index >= 15 is 0 Å². The predicted octanol–water partition coefficient (Wildman–Crippen LogP) is 3.08. The number of hydrogen-bond donors (Lipinski definition) is 1. The Labute approximate surface area is 140 Å². The number of nitrogens with one attached hydrogen (secondary N) is 1. The van der Waals surface area contributed by atoms with Crippen LogP contribution in [-0.2, 0) is 16.0 Å². The highest BCUT2D eigenvalue weighted by Gasteiger charge is 2.23. The average Bonchev–Trinajstić information content (AvgIpc) is 2.98. The maximum atomic E-state index is 13.6. The average molecular weight is 358 g/mol. The number of carbonyl (C=O) groups excluding carboxylic acids is 2. The zero-order valence-corrected chi connectivity index (χ0v) is 13.9. The van der Waals surface area contributed by atoms with Gasteiger partial charge in [0.15, 0.2) is 11.0 Å². The molecule has 23 heavy (non-hydrogen) atoms. The Balaban J connectivity index is 2.01. The Kier molecular flexibility index (Phi) is 5.62. The van der Waals surface area contributed by atoms with Crippen LogP contribution in [0.4, 0.5) is 10.1 Å². The number of anilines is 1. The van der Waals surface area contributed by atoms with Gasteiger partial charge in [-0.3, -0.25) is 4.79 Å². The molecule has 0 aliphatic rings. The fourth-order valence-electron chi connectivity index (χ4n) is 1.69. The van der Waals surface area contributed by atoms with Crippen LogP contribution in [0.5, 0.6) is 0 Å². The van der Waals surface area contributed by atoms with Gasteiger partial charge in [-0.25, -0.2) is 9.18 Å². The van der Waals surface area contributed by atoms with Crippen LogP contribution in [0.3, 0.4) is 0 Å². The van der Waals surface area contributed by atoms with Crippen molar-refractivity contribution in [3.8, 4) is 0 Å². The number of hydrogen-bond acceptors (Lipinski definition) is 6. The second-order valence-corrected chi connectivity index (χ2v) is 5.75. The van der Waals surface area contributed by atoms with Crippen LogP contribution in [0.25, 0.3) is 0 Å². The standard InChI is InChI=1S/C14H13ClFN3O3S/c1-3-10-12(23-19-18-10)14(21)22-7(2)13(20)17-11-5-4-8(15)6-9(11)16/h4-7H,3H2,1-2H3,(H,17,20)/t7-/m0/s1. The molecule has 0 bridgehead atoms. The van der Waals surface area contributed by atoms with Gasteiger partial charge in [0.1, 0.15) is 5.82 Å². The van der Waals surface area contributed by atoms with Gasteiger partial charge >= 0.3 is 5.97 Å². The zero-order valence-electron chi connectivity index (χ0n) is 12.3. The Morgan fingerprint density at radius 2 is 2.22 bits per heavy atom. The van der Waals surface area contributed by atoms with Crippen LogP contribution < -0.4 is 5.32 Å². The first-order valence-corrected chi connectivity index (χ1v) is 7.85. The summed E-state index contributed by atoms with van der Waals surface area (Å²) in [6.45, 7) is 3.22. The minimum atomic E-state index is -1.11. The highest BCUT2D eigenvalue weighted by atomic mass is 35.5. The maximum absolute atomic E-state index is 13.6. The van der Waals surface area contributed by atoms with Crippen LogP contribution in [-0.4, -0.2) is 27.6 Å². The van der Waals surface area contributed by atoms with Crippen LogP contribution in [0.15, 0.2) is 18.2 Å². The van der Waals surface area contributed by atoms with Crippen molar-refractivity contribution in [3.63, 3.8) is 0 Å². The molecule has 0 spiro atoms. The Morgan fingerprint density at radius 3 is 2.87 bits per heavy atom. The summed E-state index contributed by atoms with van der Waals surface area (Å²) in [7, 11) is 0. The number of esters is 1. The summed E-state index contributed by atoms with van der Waals surface area (Å²) in [5, 5.41) is 6.35. The lowest BCUT2D eigenvalue weighted by Crippen LogP contribution is -2.30. The number of carbonyl (C=O) groups is 2. The van der Waals surface area contributed by atoms with Crippen LogP contribution in [0, 0.1) is 5.82 Å². The topological polar surface area (TPSA) is 81.2 Å². The Morgan fingerprint density at radius 1 is 1.48 bits per heavy atom. The number of ether oxygens (including phenoxy) is 1. The van der Waals surface area contributed by atoms with Gasteiger partial charge in [0, 0.05) is 5.02 Å². The molecule has 1 N–H and O–H groups in total. The maximum Gasteiger partial charge on any atom is 0.352 e. The molecule has 9 heteroatoms. The van der Waals surface area contributed by atoms with E-state index in [1.807, 2.05) is 6.92 Å². The molecule has 1 heterocycles. The van der Waals surface area contributed by atoms with E-state index in [1.165, 1.54) is 19.1 Å². The van der Waals surface area contributed by atoms with Crippen molar-refractivity contribution in [1.29, 1.82) is 0 Å². The van der Waals surface area contributed by atoms with E-state index in [9.17, 15) is 14.0 Å². The van der Waals surface area contributed by atoms with Crippen molar-refractivity contribution >= 4 is 40.7 Å². The Hall–Kier alpha value is -2.06. The molecule has 122 valence electrons. The van der Waals surface area contributed by atoms with Crippen molar-refractivity contribution in [2.45, 2.75) is 26.4 Å². The van der Waals surface area contributed by atoms with Crippen molar-refractivity contribution in [1.82, 2.24) is 9.59 Å². The summed E-state index contributed by atoms with van der Waals surface area (Å²) in [5.41, 5.74) is 0.465. The minimum Gasteiger partial charge on any atom is -0.448 e. The van der Waals surface area contributed by atoms with Crippen molar-refractivity contribution in [2.24, 2.45) is 0 Å². The molecule has 1 aromatic heterocycles. The molecule has 0 aliphatic heterocycles. The monoisotopic (exact) mass is 357 g/mol. The van der Waals surface area contributed by atoms with Gasteiger partial charge in [-0.15, -0.1) is 5.10 Å². The first-order chi connectivity index (χ1) is 10.9. The summed E-state index contributed by atoms with van der Waals surface area (Å²) in [4.78, 5) is 24.2. The summed E-state index contributed by atoms with van der Waals surface area (Å²) >= 11 is 6.54. The number of aryl methyl sites for hydroxylation is 1. The molecule has 2 aromatic rings. The zero-order chi connectivity index (χ0) is 17.0. The third-order valence-electron chi connectivity index (χ3n) is 2.92. The Bertz CT molecular complexity index is 738. The largest absolute Gasteiger partial charge is 0.448 e. The number of aromatic nitrogens is 2. The number of rotatable bonds is 5. The minimum absolute atomic E-state index is 0.0454. The summed E-state index contributed by atoms with van der Waals surface area (Å²) < 4.78 is 22.4. The normalized spacial score (nSPS) is 11.8. The van der Waals surface area contributed by atoms with Crippen molar-refractivity contribution in [3.05, 3.63) is 39.6 Å².